The first-order valence-electron chi connectivity index (χ1n) is 11.0. The highest BCUT2D eigenvalue weighted by molar-refractivity contribution is 7.88. The third-order valence-corrected chi connectivity index (χ3v) is 7.14. The number of nitrogens with one attached hydrogen (secondary N) is 1. The van der Waals surface area contributed by atoms with Crippen molar-refractivity contribution in [2.24, 2.45) is 5.92 Å². The van der Waals surface area contributed by atoms with Crippen molar-refractivity contribution in [3.05, 3.63) is 78.5 Å². The van der Waals surface area contributed by atoms with Crippen molar-refractivity contribution in [1.82, 2.24) is 19.4 Å². The fourth-order valence-corrected chi connectivity index (χ4v) is 4.83. The molecule has 4 rings (SSSR count). The van der Waals surface area contributed by atoms with Crippen molar-refractivity contribution in [3.8, 4) is 16.9 Å². The highest BCUT2D eigenvalue weighted by atomic mass is 32.2. The minimum absolute atomic E-state index is 0.174. The average molecular weight is 465 g/mol. The van der Waals surface area contributed by atoms with Gasteiger partial charge in [0.25, 0.3) is 0 Å². The molecule has 8 heteroatoms. The number of piperidine rings is 1. The van der Waals surface area contributed by atoms with Gasteiger partial charge in [-0.25, -0.2) is 17.4 Å². The van der Waals surface area contributed by atoms with E-state index in [4.69, 9.17) is 5.10 Å². The van der Waals surface area contributed by atoms with Crippen LogP contribution in [0, 0.1) is 5.92 Å². The van der Waals surface area contributed by atoms with Crippen molar-refractivity contribution in [1.29, 1.82) is 0 Å². The lowest BCUT2D eigenvalue weighted by Gasteiger charge is -2.30. The van der Waals surface area contributed by atoms with Crippen LogP contribution in [0.2, 0.25) is 0 Å². The molecule has 1 aromatic heterocycles. The van der Waals surface area contributed by atoms with Crippen LogP contribution in [0.25, 0.3) is 23.0 Å². The van der Waals surface area contributed by atoms with E-state index < -0.39 is 10.0 Å². The number of amides is 1. The van der Waals surface area contributed by atoms with Gasteiger partial charge in [-0.05, 0) is 37.0 Å². The first-order valence-corrected chi connectivity index (χ1v) is 12.9. The molecule has 0 saturated carbocycles. The number of carbonyl (C=O) groups is 1. The van der Waals surface area contributed by atoms with Gasteiger partial charge in [0.1, 0.15) is 0 Å². The van der Waals surface area contributed by atoms with E-state index in [9.17, 15) is 13.2 Å². The molecule has 0 unspecified atom stereocenters. The van der Waals surface area contributed by atoms with E-state index in [1.54, 1.807) is 6.08 Å². The molecule has 2 aromatic carbocycles. The maximum atomic E-state index is 12.5. The Balaban J connectivity index is 1.43. The van der Waals surface area contributed by atoms with Crippen molar-refractivity contribution in [2.75, 3.05) is 25.9 Å². The van der Waals surface area contributed by atoms with Crippen molar-refractivity contribution in [2.45, 2.75) is 12.8 Å². The number of rotatable bonds is 7. The maximum Gasteiger partial charge on any atom is 0.244 e. The van der Waals surface area contributed by atoms with Gasteiger partial charge in [0.05, 0.1) is 17.6 Å². The van der Waals surface area contributed by atoms with Gasteiger partial charge in [-0.15, -0.1) is 0 Å². The largest absolute Gasteiger partial charge is 0.352 e. The van der Waals surface area contributed by atoms with E-state index in [2.05, 4.69) is 5.32 Å². The SMILES string of the molecule is CS(=O)(=O)N1CCC(CNC(=O)/C=C/c2cn(-c3ccccc3)nc2-c2ccccc2)CC1. The summed E-state index contributed by atoms with van der Waals surface area (Å²) in [5, 5.41) is 7.71. The highest BCUT2D eigenvalue weighted by Crippen LogP contribution is 2.25. The summed E-state index contributed by atoms with van der Waals surface area (Å²) in [5.74, 6) is 0.105. The molecular weight excluding hydrogens is 436 g/mol. The minimum atomic E-state index is -3.14. The Morgan fingerprint density at radius 3 is 2.33 bits per heavy atom. The molecule has 2 heterocycles. The molecule has 0 bridgehead atoms. The van der Waals surface area contributed by atoms with Gasteiger partial charge < -0.3 is 5.32 Å². The van der Waals surface area contributed by atoms with Crippen LogP contribution in [0.15, 0.2) is 72.9 Å². The second-order valence-electron chi connectivity index (χ2n) is 8.26. The van der Waals surface area contributed by atoms with Crippen molar-refractivity contribution in [3.63, 3.8) is 0 Å². The third kappa shape index (κ3) is 5.97. The van der Waals surface area contributed by atoms with Gasteiger partial charge >= 0.3 is 0 Å². The van der Waals surface area contributed by atoms with Crippen LogP contribution >= 0.6 is 0 Å². The Morgan fingerprint density at radius 1 is 1.06 bits per heavy atom. The van der Waals surface area contributed by atoms with E-state index in [0.29, 0.717) is 19.6 Å². The van der Waals surface area contributed by atoms with Crippen LogP contribution in [0.4, 0.5) is 0 Å². The van der Waals surface area contributed by atoms with Crippen molar-refractivity contribution >= 4 is 22.0 Å². The molecule has 0 radical (unpaired) electrons. The number of aromatic nitrogens is 2. The van der Waals surface area contributed by atoms with Crippen LogP contribution in [0.3, 0.4) is 0 Å². The van der Waals surface area contributed by atoms with Gasteiger partial charge in [0.15, 0.2) is 0 Å². The number of hydrogen-bond acceptors (Lipinski definition) is 4. The predicted octanol–water partition coefficient (Wildman–Crippen LogP) is 3.34. The summed E-state index contributed by atoms with van der Waals surface area (Å²) in [7, 11) is -3.14. The summed E-state index contributed by atoms with van der Waals surface area (Å²) >= 11 is 0. The number of carbonyl (C=O) groups excluding carboxylic acids is 1. The second kappa shape index (κ2) is 10.1. The van der Waals surface area contributed by atoms with Crippen LogP contribution in [0.1, 0.15) is 18.4 Å². The number of sulfonamides is 1. The van der Waals surface area contributed by atoms with Crippen LogP contribution in [-0.4, -0.2) is 54.3 Å². The molecule has 3 aromatic rings. The smallest absolute Gasteiger partial charge is 0.244 e. The van der Waals surface area contributed by atoms with Crippen molar-refractivity contribution < 1.29 is 13.2 Å². The Hall–Kier alpha value is -3.23. The molecule has 7 nitrogen and oxygen atoms in total. The summed E-state index contributed by atoms with van der Waals surface area (Å²) in [5.41, 5.74) is 3.57. The Kier molecular flexibility index (Phi) is 7.05. The molecule has 172 valence electrons. The Bertz CT molecular complexity index is 1210. The zero-order valence-electron chi connectivity index (χ0n) is 18.6. The standard InChI is InChI=1S/C25H28N4O3S/c1-33(31,32)28-16-14-20(15-17-28)18-26-24(30)13-12-22-19-29(23-10-6-3-7-11-23)27-25(22)21-8-4-2-5-9-21/h2-13,19-20H,14-18H2,1H3,(H,26,30)/b13-12+. The quantitative estimate of drug-likeness (QED) is 0.544. The highest BCUT2D eigenvalue weighted by Gasteiger charge is 2.24. The molecular formula is C25H28N4O3S. The number of para-hydroxylation sites is 1. The Morgan fingerprint density at radius 2 is 1.70 bits per heavy atom. The molecule has 0 aliphatic carbocycles. The van der Waals surface area contributed by atoms with Gasteiger partial charge in [-0.2, -0.15) is 5.10 Å². The fraction of sp³-hybridized carbons (Fsp3) is 0.280. The number of hydrogen-bond donors (Lipinski definition) is 1. The summed E-state index contributed by atoms with van der Waals surface area (Å²) in [6.07, 6.45) is 7.98. The molecule has 0 atom stereocenters. The summed E-state index contributed by atoms with van der Waals surface area (Å²) < 4.78 is 26.6. The topological polar surface area (TPSA) is 84.3 Å². The molecule has 33 heavy (non-hydrogen) atoms. The third-order valence-electron chi connectivity index (χ3n) is 5.83. The average Bonchev–Trinajstić information content (AvgIpc) is 3.26. The van der Waals surface area contributed by atoms with Gasteiger partial charge in [-0.3, -0.25) is 4.79 Å². The zero-order chi connectivity index (χ0) is 23.3. The van der Waals surface area contributed by atoms with Crippen LogP contribution < -0.4 is 5.32 Å². The first kappa shape index (κ1) is 22.9. The van der Waals surface area contributed by atoms with E-state index in [1.165, 1.54) is 16.6 Å². The van der Waals surface area contributed by atoms with Crippen LogP contribution in [0.5, 0.6) is 0 Å². The molecule has 1 amide bonds. The number of benzene rings is 2. The fourth-order valence-electron chi connectivity index (χ4n) is 3.96. The van der Waals surface area contributed by atoms with E-state index >= 15 is 0 Å². The van der Waals surface area contributed by atoms with Gasteiger partial charge in [-0.1, -0.05) is 48.5 Å². The monoisotopic (exact) mass is 464 g/mol. The van der Waals surface area contributed by atoms with E-state index in [0.717, 1.165) is 35.3 Å². The second-order valence-corrected chi connectivity index (χ2v) is 10.2. The summed E-state index contributed by atoms with van der Waals surface area (Å²) in [6, 6.07) is 19.7. The first-order chi connectivity index (χ1) is 15.9. The lowest BCUT2D eigenvalue weighted by molar-refractivity contribution is -0.116. The predicted molar refractivity (Wildman–Crippen MR) is 130 cm³/mol. The molecule has 1 aliphatic rings. The lowest BCUT2D eigenvalue weighted by Crippen LogP contribution is -2.40. The van der Waals surface area contributed by atoms with Gasteiger partial charge in [0, 0.05) is 43.0 Å². The molecule has 1 aliphatic heterocycles. The summed E-state index contributed by atoms with van der Waals surface area (Å²) in [6.45, 7) is 1.55. The maximum absolute atomic E-state index is 12.5. The molecule has 0 spiro atoms. The lowest BCUT2D eigenvalue weighted by atomic mass is 9.98. The Labute approximate surface area is 194 Å². The minimum Gasteiger partial charge on any atom is -0.352 e. The molecule has 1 N–H and O–H groups in total. The molecule has 1 saturated heterocycles. The van der Waals surface area contributed by atoms with Gasteiger partial charge in [0.2, 0.25) is 15.9 Å². The van der Waals surface area contributed by atoms with E-state index in [-0.39, 0.29) is 11.8 Å². The summed E-state index contributed by atoms with van der Waals surface area (Å²) in [4.78, 5) is 12.5. The number of nitrogens with zero attached hydrogens (tertiary/aromatic N) is 3. The molecule has 1 fully saturated rings. The van der Waals surface area contributed by atoms with E-state index in [1.807, 2.05) is 71.5 Å². The zero-order valence-corrected chi connectivity index (χ0v) is 19.4. The normalized spacial score (nSPS) is 15.7. The van der Waals surface area contributed by atoms with Crippen LogP contribution in [-0.2, 0) is 14.8 Å².